The maximum absolute atomic E-state index is 11.4. The van der Waals surface area contributed by atoms with Gasteiger partial charge in [-0.2, -0.15) is 0 Å². The summed E-state index contributed by atoms with van der Waals surface area (Å²) in [5.74, 6) is 0.773. The molecule has 0 fully saturated rings. The molecular weight excluding hydrogens is 450 g/mol. The van der Waals surface area contributed by atoms with Gasteiger partial charge in [0.15, 0.2) is 0 Å². The first-order valence-corrected chi connectivity index (χ1v) is 13.0. The summed E-state index contributed by atoms with van der Waals surface area (Å²) in [4.78, 5) is 3.50. The van der Waals surface area contributed by atoms with Gasteiger partial charge in [-0.05, 0) is 47.9 Å². The van der Waals surface area contributed by atoms with Crippen LogP contribution in [0.4, 0.5) is 5.69 Å². The Balaban J connectivity index is 1.29. The number of fused-ring (bicyclic) bond motifs is 1. The van der Waals surface area contributed by atoms with Crippen molar-refractivity contribution >= 4 is 26.6 Å². The maximum Gasteiger partial charge on any atom is 0.229 e. The quantitative estimate of drug-likeness (QED) is 0.255. The number of aryl methyl sites for hydroxylation is 1. The Morgan fingerprint density at radius 3 is 2.59 bits per heavy atom. The van der Waals surface area contributed by atoms with E-state index < -0.39 is 16.1 Å². The molecule has 0 saturated heterocycles. The number of anilines is 1. The molecule has 1 heterocycles. The first kappa shape index (κ1) is 23.8. The van der Waals surface area contributed by atoms with Crippen molar-refractivity contribution in [2.45, 2.75) is 13.0 Å². The summed E-state index contributed by atoms with van der Waals surface area (Å²) < 4.78 is 31.1. The van der Waals surface area contributed by atoms with Crippen molar-refractivity contribution in [1.82, 2.24) is 10.3 Å². The first-order valence-electron chi connectivity index (χ1n) is 11.1. The Morgan fingerprint density at radius 1 is 1.03 bits per heavy atom. The summed E-state index contributed by atoms with van der Waals surface area (Å²) in [5, 5.41) is 14.8. The molecule has 1 aromatic heterocycles. The number of ether oxygens (including phenoxy) is 1. The van der Waals surface area contributed by atoms with Crippen LogP contribution in [-0.4, -0.2) is 44.5 Å². The van der Waals surface area contributed by atoms with E-state index in [0.717, 1.165) is 28.8 Å². The van der Waals surface area contributed by atoms with Gasteiger partial charge in [0.05, 0.1) is 12.4 Å². The fourth-order valence-electron chi connectivity index (χ4n) is 3.92. The van der Waals surface area contributed by atoms with Crippen LogP contribution in [0.25, 0.3) is 22.2 Å². The largest absolute Gasteiger partial charge is 0.492 e. The fourth-order valence-corrected chi connectivity index (χ4v) is 4.48. The van der Waals surface area contributed by atoms with Gasteiger partial charge in [-0.15, -0.1) is 0 Å². The summed E-state index contributed by atoms with van der Waals surface area (Å²) in [7, 11) is -3.37. The fraction of sp³-hybridized carbons (Fsp3) is 0.231. The number of sulfonamides is 1. The van der Waals surface area contributed by atoms with Gasteiger partial charge in [0.1, 0.15) is 12.4 Å². The predicted octanol–water partition coefficient (Wildman–Crippen LogP) is 4.22. The van der Waals surface area contributed by atoms with Crippen molar-refractivity contribution in [1.29, 1.82) is 0 Å². The van der Waals surface area contributed by atoms with Gasteiger partial charge in [-0.1, -0.05) is 42.5 Å². The SMILES string of the molecule is Cc1c(-c2ccccc2)[nH]c2cc(OCCNC[C@H](O)c3cccc(NS(C)(=O)=O)c3)ccc12. The molecule has 0 aliphatic rings. The van der Waals surface area contributed by atoms with Gasteiger partial charge in [0.2, 0.25) is 10.0 Å². The van der Waals surface area contributed by atoms with Crippen molar-refractivity contribution in [3.8, 4) is 17.0 Å². The number of aliphatic hydroxyl groups is 1. The molecule has 0 spiro atoms. The van der Waals surface area contributed by atoms with Crippen LogP contribution in [0.15, 0.2) is 72.8 Å². The summed E-state index contributed by atoms with van der Waals surface area (Å²) in [6.07, 6.45) is 0.324. The zero-order chi connectivity index (χ0) is 24.1. The zero-order valence-corrected chi connectivity index (χ0v) is 20.0. The lowest BCUT2D eigenvalue weighted by molar-refractivity contribution is 0.172. The Bertz CT molecular complexity index is 1370. The Labute approximate surface area is 199 Å². The molecule has 4 aromatic rings. The molecule has 4 N–H and O–H groups in total. The zero-order valence-electron chi connectivity index (χ0n) is 19.2. The van der Waals surface area contributed by atoms with E-state index in [0.29, 0.717) is 30.9 Å². The molecule has 34 heavy (non-hydrogen) atoms. The molecule has 0 aliphatic heterocycles. The molecule has 0 amide bonds. The van der Waals surface area contributed by atoms with E-state index in [-0.39, 0.29) is 0 Å². The molecule has 8 heteroatoms. The number of hydrogen-bond donors (Lipinski definition) is 4. The number of rotatable bonds is 10. The molecule has 0 bridgehead atoms. The molecule has 1 atom stereocenters. The number of hydrogen-bond acceptors (Lipinski definition) is 5. The highest BCUT2D eigenvalue weighted by Gasteiger charge is 2.11. The number of aliphatic hydroxyl groups excluding tert-OH is 1. The van der Waals surface area contributed by atoms with Gasteiger partial charge in [0.25, 0.3) is 0 Å². The van der Waals surface area contributed by atoms with Gasteiger partial charge >= 0.3 is 0 Å². The minimum Gasteiger partial charge on any atom is -0.492 e. The molecule has 0 aliphatic carbocycles. The highest BCUT2D eigenvalue weighted by Crippen LogP contribution is 2.31. The summed E-state index contributed by atoms with van der Waals surface area (Å²) in [5.41, 5.74) is 5.55. The topological polar surface area (TPSA) is 103 Å². The van der Waals surface area contributed by atoms with Crippen molar-refractivity contribution in [2.24, 2.45) is 0 Å². The van der Waals surface area contributed by atoms with E-state index in [1.807, 2.05) is 30.3 Å². The smallest absolute Gasteiger partial charge is 0.229 e. The normalized spacial score (nSPS) is 12.6. The Kier molecular flexibility index (Phi) is 7.21. The van der Waals surface area contributed by atoms with Crippen LogP contribution in [0.5, 0.6) is 5.75 Å². The second-order valence-corrected chi connectivity index (χ2v) is 10.0. The van der Waals surface area contributed by atoms with Gasteiger partial charge in [-0.3, -0.25) is 4.72 Å². The third-order valence-electron chi connectivity index (χ3n) is 5.55. The van der Waals surface area contributed by atoms with Crippen LogP contribution < -0.4 is 14.8 Å². The lowest BCUT2D eigenvalue weighted by Gasteiger charge is -2.14. The number of benzene rings is 3. The van der Waals surface area contributed by atoms with E-state index >= 15 is 0 Å². The maximum atomic E-state index is 11.4. The lowest BCUT2D eigenvalue weighted by atomic mass is 10.1. The Morgan fingerprint density at radius 2 is 1.82 bits per heavy atom. The summed E-state index contributed by atoms with van der Waals surface area (Å²) in [6, 6.07) is 23.0. The molecule has 4 rings (SSSR count). The van der Waals surface area contributed by atoms with Crippen molar-refractivity contribution in [2.75, 3.05) is 30.7 Å². The standard InChI is InChI=1S/C26H29N3O4S/c1-18-23-12-11-22(16-24(23)28-26(18)19-7-4-3-5-8-19)33-14-13-27-17-25(30)20-9-6-10-21(15-20)29-34(2,31)32/h3-12,15-16,25,27-30H,13-14,17H2,1-2H3/t25-/m0/s1. The van der Waals surface area contributed by atoms with Gasteiger partial charge < -0.3 is 20.1 Å². The average Bonchev–Trinajstić information content (AvgIpc) is 3.14. The minimum atomic E-state index is -3.37. The van der Waals surface area contributed by atoms with Gasteiger partial charge in [0, 0.05) is 41.4 Å². The lowest BCUT2D eigenvalue weighted by Crippen LogP contribution is -2.26. The number of nitrogens with one attached hydrogen (secondary N) is 3. The van der Waals surface area contributed by atoms with E-state index in [2.05, 4.69) is 40.1 Å². The third kappa shape index (κ3) is 5.96. The minimum absolute atomic E-state index is 0.320. The summed E-state index contributed by atoms with van der Waals surface area (Å²) >= 11 is 0. The van der Waals surface area contributed by atoms with Crippen LogP contribution in [0, 0.1) is 6.92 Å². The van der Waals surface area contributed by atoms with E-state index in [9.17, 15) is 13.5 Å². The van der Waals surface area contributed by atoms with Crippen LogP contribution >= 0.6 is 0 Å². The number of H-pyrrole nitrogens is 1. The molecular formula is C26H29N3O4S. The highest BCUT2D eigenvalue weighted by atomic mass is 32.2. The first-order chi connectivity index (χ1) is 16.3. The summed E-state index contributed by atoms with van der Waals surface area (Å²) in [6.45, 7) is 3.43. The van der Waals surface area contributed by atoms with E-state index in [1.165, 1.54) is 10.9 Å². The second-order valence-electron chi connectivity index (χ2n) is 8.27. The Hall–Kier alpha value is -3.33. The van der Waals surface area contributed by atoms with Crippen molar-refractivity contribution in [3.63, 3.8) is 0 Å². The molecule has 0 unspecified atom stereocenters. The monoisotopic (exact) mass is 479 g/mol. The van der Waals surface area contributed by atoms with Crippen LogP contribution in [0.1, 0.15) is 17.2 Å². The van der Waals surface area contributed by atoms with Crippen LogP contribution in [0.2, 0.25) is 0 Å². The van der Waals surface area contributed by atoms with Crippen LogP contribution in [0.3, 0.4) is 0 Å². The molecule has 178 valence electrons. The van der Waals surface area contributed by atoms with Gasteiger partial charge in [-0.25, -0.2) is 8.42 Å². The average molecular weight is 480 g/mol. The number of aromatic amines is 1. The van der Waals surface area contributed by atoms with Crippen molar-refractivity contribution in [3.05, 3.63) is 83.9 Å². The molecule has 0 saturated carbocycles. The van der Waals surface area contributed by atoms with E-state index in [4.69, 9.17) is 4.74 Å². The molecule has 3 aromatic carbocycles. The molecule has 0 radical (unpaired) electrons. The third-order valence-corrected chi connectivity index (χ3v) is 6.16. The van der Waals surface area contributed by atoms with E-state index in [1.54, 1.807) is 24.3 Å². The predicted molar refractivity (Wildman–Crippen MR) is 137 cm³/mol. The van der Waals surface area contributed by atoms with Crippen LogP contribution in [-0.2, 0) is 10.0 Å². The van der Waals surface area contributed by atoms with Crippen molar-refractivity contribution < 1.29 is 18.3 Å². The second kappa shape index (κ2) is 10.3. The number of aromatic nitrogens is 1. The molecule has 7 nitrogen and oxygen atoms in total. The highest BCUT2D eigenvalue weighted by molar-refractivity contribution is 7.92.